The van der Waals surface area contributed by atoms with Crippen molar-refractivity contribution in [2.75, 3.05) is 4.90 Å². The summed E-state index contributed by atoms with van der Waals surface area (Å²) < 4.78 is 0. The minimum Gasteiger partial charge on any atom is -0.281 e. The Balaban J connectivity index is 1.94. The highest BCUT2D eigenvalue weighted by Gasteiger charge is 2.18. The number of carbonyl (C=O) groups is 1. The van der Waals surface area contributed by atoms with Gasteiger partial charge in [-0.2, -0.15) is 0 Å². The van der Waals surface area contributed by atoms with Crippen molar-refractivity contribution >= 4 is 17.3 Å². The fourth-order valence-electron chi connectivity index (χ4n) is 2.33. The number of carbonyl (C=O) groups excluding carboxylic acids is 1. The van der Waals surface area contributed by atoms with Crippen LogP contribution in [0.5, 0.6) is 0 Å². The van der Waals surface area contributed by atoms with Gasteiger partial charge in [-0.05, 0) is 36.4 Å². The highest BCUT2D eigenvalue weighted by molar-refractivity contribution is 6.01. The first-order chi connectivity index (χ1) is 10.8. The van der Waals surface area contributed by atoms with Gasteiger partial charge in [0.1, 0.15) is 0 Å². The molecule has 108 valence electrons. The van der Waals surface area contributed by atoms with Crippen molar-refractivity contribution in [2.45, 2.75) is 6.42 Å². The first-order valence-electron chi connectivity index (χ1n) is 7.17. The molecule has 2 aromatic carbocycles. The van der Waals surface area contributed by atoms with Crippen LogP contribution in [-0.4, -0.2) is 10.9 Å². The van der Waals surface area contributed by atoms with Gasteiger partial charge < -0.3 is 0 Å². The molecule has 22 heavy (non-hydrogen) atoms. The molecule has 0 radical (unpaired) electrons. The minimum atomic E-state index is -0.00361. The van der Waals surface area contributed by atoms with Crippen LogP contribution in [0.25, 0.3) is 0 Å². The van der Waals surface area contributed by atoms with Gasteiger partial charge in [0.05, 0.1) is 6.42 Å². The summed E-state index contributed by atoms with van der Waals surface area (Å²) in [4.78, 5) is 18.8. The van der Waals surface area contributed by atoms with E-state index in [4.69, 9.17) is 0 Å². The van der Waals surface area contributed by atoms with E-state index in [0.29, 0.717) is 0 Å². The number of aromatic nitrogens is 1. The number of amides is 1. The van der Waals surface area contributed by atoms with Crippen molar-refractivity contribution in [1.29, 1.82) is 0 Å². The smallest absolute Gasteiger partial charge is 0.237 e. The molecule has 1 aromatic heterocycles. The molecule has 0 aliphatic rings. The molecule has 0 spiro atoms. The summed E-state index contributed by atoms with van der Waals surface area (Å²) in [5.41, 5.74) is 2.48. The molecule has 3 heteroatoms. The summed E-state index contributed by atoms with van der Waals surface area (Å²) in [6.45, 7) is 0. The Morgan fingerprint density at radius 2 is 1.32 bits per heavy atom. The Bertz CT molecular complexity index is 688. The van der Waals surface area contributed by atoms with Gasteiger partial charge in [-0.3, -0.25) is 14.7 Å². The van der Waals surface area contributed by atoms with Crippen LogP contribution < -0.4 is 4.90 Å². The number of benzene rings is 2. The maximum Gasteiger partial charge on any atom is 0.237 e. The van der Waals surface area contributed by atoms with Gasteiger partial charge in [-0.15, -0.1) is 0 Å². The fraction of sp³-hybridized carbons (Fsp3) is 0.0526. The Labute approximate surface area is 129 Å². The molecule has 0 aliphatic heterocycles. The van der Waals surface area contributed by atoms with Crippen molar-refractivity contribution in [3.05, 3.63) is 90.8 Å². The molecule has 3 rings (SSSR count). The van der Waals surface area contributed by atoms with Gasteiger partial charge in [0.25, 0.3) is 0 Å². The summed E-state index contributed by atoms with van der Waals surface area (Å²) in [5, 5.41) is 0. The largest absolute Gasteiger partial charge is 0.281 e. The Morgan fingerprint density at radius 3 is 1.82 bits per heavy atom. The van der Waals surface area contributed by atoms with Crippen LogP contribution in [0.4, 0.5) is 11.4 Å². The van der Waals surface area contributed by atoms with Gasteiger partial charge >= 0.3 is 0 Å². The summed E-state index contributed by atoms with van der Waals surface area (Å²) in [6.07, 6.45) is 1.97. The molecule has 0 saturated carbocycles. The quantitative estimate of drug-likeness (QED) is 0.727. The average Bonchev–Trinajstić information content (AvgIpc) is 2.58. The monoisotopic (exact) mass is 288 g/mol. The van der Waals surface area contributed by atoms with Crippen LogP contribution in [0.2, 0.25) is 0 Å². The van der Waals surface area contributed by atoms with E-state index in [1.54, 1.807) is 11.1 Å². The standard InChI is InChI=1S/C19H16N2O/c22-19(15-16-9-7-8-14-20-16)21(17-10-3-1-4-11-17)18-12-5-2-6-13-18/h1-14H,15H2. The summed E-state index contributed by atoms with van der Waals surface area (Å²) in [5.74, 6) is -0.00361. The number of hydrogen-bond donors (Lipinski definition) is 0. The van der Waals surface area contributed by atoms with E-state index in [1.807, 2.05) is 78.9 Å². The van der Waals surface area contributed by atoms with Crippen molar-refractivity contribution in [3.63, 3.8) is 0 Å². The molecule has 3 aromatic rings. The predicted octanol–water partition coefficient (Wildman–Crippen LogP) is 3.99. The SMILES string of the molecule is O=C(Cc1ccccn1)N(c1ccccc1)c1ccccc1. The van der Waals surface area contributed by atoms with E-state index in [-0.39, 0.29) is 12.3 Å². The van der Waals surface area contributed by atoms with E-state index in [9.17, 15) is 4.79 Å². The fourth-order valence-corrected chi connectivity index (χ4v) is 2.33. The van der Waals surface area contributed by atoms with E-state index in [2.05, 4.69) is 4.98 Å². The van der Waals surface area contributed by atoms with Crippen LogP contribution >= 0.6 is 0 Å². The van der Waals surface area contributed by atoms with Gasteiger partial charge in [-0.1, -0.05) is 42.5 Å². The number of nitrogens with zero attached hydrogens (tertiary/aromatic N) is 2. The summed E-state index contributed by atoms with van der Waals surface area (Å²) in [6, 6.07) is 24.9. The molecule has 1 amide bonds. The van der Waals surface area contributed by atoms with Gasteiger partial charge in [0.2, 0.25) is 5.91 Å². The van der Waals surface area contributed by atoms with E-state index in [1.165, 1.54) is 0 Å². The van der Waals surface area contributed by atoms with E-state index < -0.39 is 0 Å². The number of anilines is 2. The van der Waals surface area contributed by atoms with Crippen molar-refractivity contribution in [2.24, 2.45) is 0 Å². The highest BCUT2D eigenvalue weighted by Crippen LogP contribution is 2.25. The van der Waals surface area contributed by atoms with Gasteiger partial charge in [0, 0.05) is 23.3 Å². The Hall–Kier alpha value is -2.94. The van der Waals surface area contributed by atoms with E-state index in [0.717, 1.165) is 17.1 Å². The first kappa shape index (κ1) is 14.0. The molecule has 0 aliphatic carbocycles. The second-order valence-electron chi connectivity index (χ2n) is 4.90. The maximum absolute atomic E-state index is 12.8. The lowest BCUT2D eigenvalue weighted by Gasteiger charge is -2.23. The topological polar surface area (TPSA) is 33.2 Å². The maximum atomic E-state index is 12.8. The lowest BCUT2D eigenvalue weighted by Crippen LogP contribution is -2.27. The normalized spacial score (nSPS) is 10.2. The number of hydrogen-bond acceptors (Lipinski definition) is 2. The Morgan fingerprint density at radius 1 is 0.773 bits per heavy atom. The van der Waals surface area contributed by atoms with Crippen molar-refractivity contribution in [1.82, 2.24) is 4.98 Å². The third kappa shape index (κ3) is 3.20. The molecule has 0 saturated heterocycles. The zero-order valence-corrected chi connectivity index (χ0v) is 12.1. The summed E-state index contributed by atoms with van der Waals surface area (Å²) >= 11 is 0. The second kappa shape index (κ2) is 6.68. The molecular formula is C19H16N2O. The lowest BCUT2D eigenvalue weighted by atomic mass is 10.2. The zero-order valence-electron chi connectivity index (χ0n) is 12.1. The Kier molecular flexibility index (Phi) is 4.25. The minimum absolute atomic E-state index is 0.00361. The predicted molar refractivity (Wildman–Crippen MR) is 88.0 cm³/mol. The molecule has 0 unspecified atom stereocenters. The van der Waals surface area contributed by atoms with Crippen LogP contribution in [-0.2, 0) is 11.2 Å². The van der Waals surface area contributed by atoms with Crippen LogP contribution in [0, 0.1) is 0 Å². The average molecular weight is 288 g/mol. The van der Waals surface area contributed by atoms with Gasteiger partial charge in [0.15, 0.2) is 0 Å². The first-order valence-corrected chi connectivity index (χ1v) is 7.17. The molecular weight excluding hydrogens is 272 g/mol. The third-order valence-electron chi connectivity index (χ3n) is 3.34. The molecule has 1 heterocycles. The number of pyridine rings is 1. The van der Waals surface area contributed by atoms with E-state index >= 15 is 0 Å². The van der Waals surface area contributed by atoms with Crippen LogP contribution in [0.3, 0.4) is 0 Å². The van der Waals surface area contributed by atoms with Gasteiger partial charge in [-0.25, -0.2) is 0 Å². The number of para-hydroxylation sites is 2. The molecule has 0 bridgehead atoms. The molecule has 0 atom stereocenters. The molecule has 3 nitrogen and oxygen atoms in total. The van der Waals surface area contributed by atoms with Crippen molar-refractivity contribution < 1.29 is 4.79 Å². The van der Waals surface area contributed by atoms with Crippen LogP contribution in [0.15, 0.2) is 85.1 Å². The highest BCUT2D eigenvalue weighted by atomic mass is 16.2. The van der Waals surface area contributed by atoms with Crippen LogP contribution in [0.1, 0.15) is 5.69 Å². The molecule has 0 N–H and O–H groups in total. The molecule has 0 fully saturated rings. The lowest BCUT2D eigenvalue weighted by molar-refractivity contribution is -0.117. The van der Waals surface area contributed by atoms with Crippen molar-refractivity contribution in [3.8, 4) is 0 Å². The number of rotatable bonds is 4. The summed E-state index contributed by atoms with van der Waals surface area (Å²) in [7, 11) is 0. The third-order valence-corrected chi connectivity index (χ3v) is 3.34. The second-order valence-corrected chi connectivity index (χ2v) is 4.90. The zero-order chi connectivity index (χ0) is 15.2.